The van der Waals surface area contributed by atoms with Crippen molar-refractivity contribution in [2.24, 2.45) is 4.99 Å². The minimum atomic E-state index is -3.56. The molecule has 0 aliphatic carbocycles. The Balaban J connectivity index is 0.00000480. The van der Waals surface area contributed by atoms with Gasteiger partial charge in [0.15, 0.2) is 5.96 Å². The largest absolute Gasteiger partial charge is 0.497 e. The van der Waals surface area contributed by atoms with Crippen molar-refractivity contribution in [3.63, 3.8) is 0 Å². The maximum Gasteiger partial charge on any atom is 0.242 e. The van der Waals surface area contributed by atoms with Crippen LogP contribution in [0, 0.1) is 0 Å². The quantitative estimate of drug-likeness (QED) is 0.169. The van der Waals surface area contributed by atoms with Crippen LogP contribution >= 0.6 is 24.0 Å². The van der Waals surface area contributed by atoms with Gasteiger partial charge >= 0.3 is 0 Å². The molecule has 1 unspecified atom stereocenters. The maximum absolute atomic E-state index is 12.2. The fraction of sp³-hybridized carbons (Fsp3) is 0.429. The van der Waals surface area contributed by atoms with E-state index in [0.717, 1.165) is 18.7 Å². The summed E-state index contributed by atoms with van der Waals surface area (Å²) in [6.45, 7) is 6.20. The highest BCUT2D eigenvalue weighted by Gasteiger charge is 2.12. The second-order valence-corrected chi connectivity index (χ2v) is 8.50. The topological polar surface area (TPSA) is 105 Å². The SMILES string of the molecule is CCNC(=NCCC(C)c1ccc(OC)cc1)NCCNS(=O)(=O)c1cccnc1.I. The van der Waals surface area contributed by atoms with Crippen molar-refractivity contribution in [2.45, 2.75) is 31.1 Å². The molecule has 1 heterocycles. The first kappa shape index (κ1) is 27.1. The van der Waals surface area contributed by atoms with Crippen LogP contribution in [-0.4, -0.2) is 52.7 Å². The van der Waals surface area contributed by atoms with E-state index in [1.54, 1.807) is 13.2 Å². The lowest BCUT2D eigenvalue weighted by atomic mass is 9.98. The lowest BCUT2D eigenvalue weighted by Crippen LogP contribution is -2.41. The summed E-state index contributed by atoms with van der Waals surface area (Å²) in [5.41, 5.74) is 1.24. The molecule has 0 amide bonds. The molecule has 0 bridgehead atoms. The molecular weight excluding hydrogens is 529 g/mol. The Hall–Kier alpha value is -1.92. The van der Waals surface area contributed by atoms with Crippen molar-refractivity contribution < 1.29 is 13.2 Å². The number of nitrogens with zero attached hydrogens (tertiary/aromatic N) is 2. The van der Waals surface area contributed by atoms with Crippen LogP contribution < -0.4 is 20.1 Å². The van der Waals surface area contributed by atoms with Gasteiger partial charge in [-0.1, -0.05) is 19.1 Å². The number of hydrogen-bond acceptors (Lipinski definition) is 5. The average Bonchev–Trinajstić information content (AvgIpc) is 2.77. The Morgan fingerprint density at radius 2 is 1.90 bits per heavy atom. The van der Waals surface area contributed by atoms with Crippen molar-refractivity contribution >= 4 is 40.0 Å². The van der Waals surface area contributed by atoms with Crippen LogP contribution in [0.2, 0.25) is 0 Å². The highest BCUT2D eigenvalue weighted by Crippen LogP contribution is 2.21. The summed E-state index contributed by atoms with van der Waals surface area (Å²) in [5.74, 6) is 1.88. The van der Waals surface area contributed by atoms with Crippen molar-refractivity contribution in [3.8, 4) is 5.75 Å². The molecule has 0 radical (unpaired) electrons. The van der Waals surface area contributed by atoms with Crippen LogP contribution in [0.3, 0.4) is 0 Å². The molecule has 2 aromatic rings. The minimum absolute atomic E-state index is 0. The van der Waals surface area contributed by atoms with Crippen LogP contribution in [-0.2, 0) is 10.0 Å². The molecule has 8 nitrogen and oxygen atoms in total. The van der Waals surface area contributed by atoms with Gasteiger partial charge in [-0.05, 0) is 49.1 Å². The van der Waals surface area contributed by atoms with Gasteiger partial charge in [-0.25, -0.2) is 13.1 Å². The first-order chi connectivity index (χ1) is 14.5. The van der Waals surface area contributed by atoms with Gasteiger partial charge in [0.25, 0.3) is 0 Å². The maximum atomic E-state index is 12.2. The van der Waals surface area contributed by atoms with Crippen LogP contribution in [0.25, 0.3) is 0 Å². The molecule has 0 saturated heterocycles. The summed E-state index contributed by atoms with van der Waals surface area (Å²) in [6, 6.07) is 11.2. The Labute approximate surface area is 202 Å². The van der Waals surface area contributed by atoms with E-state index in [4.69, 9.17) is 4.74 Å². The summed E-state index contributed by atoms with van der Waals surface area (Å²) >= 11 is 0. The molecule has 172 valence electrons. The number of benzene rings is 1. The van der Waals surface area contributed by atoms with Gasteiger partial charge in [0, 0.05) is 38.6 Å². The Kier molecular flexibility index (Phi) is 12.4. The normalized spacial score (nSPS) is 12.5. The smallest absolute Gasteiger partial charge is 0.242 e. The third-order valence-corrected chi connectivity index (χ3v) is 5.96. The summed E-state index contributed by atoms with van der Waals surface area (Å²) < 4.78 is 32.1. The van der Waals surface area contributed by atoms with E-state index in [2.05, 4.69) is 44.4 Å². The average molecular weight is 561 g/mol. The lowest BCUT2D eigenvalue weighted by molar-refractivity contribution is 0.414. The van der Waals surface area contributed by atoms with E-state index in [9.17, 15) is 8.42 Å². The van der Waals surface area contributed by atoms with E-state index in [1.807, 2.05) is 19.1 Å². The monoisotopic (exact) mass is 561 g/mol. The molecule has 0 aliphatic heterocycles. The number of nitrogens with one attached hydrogen (secondary N) is 3. The van der Waals surface area contributed by atoms with E-state index in [-0.39, 0.29) is 35.4 Å². The number of pyridine rings is 1. The van der Waals surface area contributed by atoms with Crippen molar-refractivity contribution in [3.05, 3.63) is 54.4 Å². The molecule has 1 atom stereocenters. The van der Waals surface area contributed by atoms with Crippen molar-refractivity contribution in [1.29, 1.82) is 0 Å². The van der Waals surface area contributed by atoms with E-state index >= 15 is 0 Å². The number of ether oxygens (including phenoxy) is 1. The van der Waals surface area contributed by atoms with Gasteiger partial charge in [0.1, 0.15) is 10.6 Å². The number of aromatic nitrogens is 1. The summed E-state index contributed by atoms with van der Waals surface area (Å²) in [4.78, 5) is 8.58. The van der Waals surface area contributed by atoms with Gasteiger partial charge in [0.2, 0.25) is 10.0 Å². The fourth-order valence-corrected chi connectivity index (χ4v) is 3.76. The van der Waals surface area contributed by atoms with E-state index < -0.39 is 10.0 Å². The van der Waals surface area contributed by atoms with Gasteiger partial charge in [0.05, 0.1) is 7.11 Å². The minimum Gasteiger partial charge on any atom is -0.497 e. The predicted molar refractivity (Wildman–Crippen MR) is 135 cm³/mol. The highest BCUT2D eigenvalue weighted by atomic mass is 127. The number of guanidine groups is 1. The molecule has 0 spiro atoms. The van der Waals surface area contributed by atoms with Gasteiger partial charge < -0.3 is 15.4 Å². The fourth-order valence-electron chi connectivity index (χ4n) is 2.77. The molecule has 3 N–H and O–H groups in total. The van der Waals surface area contributed by atoms with Crippen LogP contribution in [0.1, 0.15) is 31.7 Å². The second-order valence-electron chi connectivity index (χ2n) is 6.74. The van der Waals surface area contributed by atoms with Crippen LogP contribution in [0.5, 0.6) is 5.75 Å². The Morgan fingerprint density at radius 1 is 1.16 bits per heavy atom. The van der Waals surface area contributed by atoms with E-state index in [1.165, 1.54) is 24.0 Å². The Morgan fingerprint density at radius 3 is 2.52 bits per heavy atom. The highest BCUT2D eigenvalue weighted by molar-refractivity contribution is 14.0. The predicted octanol–water partition coefficient (Wildman–Crippen LogP) is 2.74. The number of methoxy groups -OCH3 is 1. The van der Waals surface area contributed by atoms with Gasteiger partial charge in [-0.2, -0.15) is 0 Å². The van der Waals surface area contributed by atoms with Gasteiger partial charge in [-0.3, -0.25) is 9.98 Å². The number of halogens is 1. The second kappa shape index (κ2) is 14.2. The van der Waals surface area contributed by atoms with Crippen molar-refractivity contribution in [1.82, 2.24) is 20.3 Å². The molecule has 0 fully saturated rings. The number of hydrogen-bond donors (Lipinski definition) is 3. The molecule has 0 aliphatic rings. The first-order valence-corrected chi connectivity index (χ1v) is 11.5. The molecule has 2 rings (SSSR count). The zero-order chi connectivity index (χ0) is 21.8. The first-order valence-electron chi connectivity index (χ1n) is 10.0. The molecule has 1 aromatic heterocycles. The Bertz CT molecular complexity index is 893. The summed E-state index contributed by atoms with van der Waals surface area (Å²) in [7, 11) is -1.90. The zero-order valence-electron chi connectivity index (χ0n) is 18.2. The lowest BCUT2D eigenvalue weighted by Gasteiger charge is -2.14. The number of rotatable bonds is 11. The van der Waals surface area contributed by atoms with Crippen LogP contribution in [0.4, 0.5) is 0 Å². The standard InChI is InChI=1S/C21H31N5O3S.HI/c1-4-23-21(24-13-11-17(2)18-7-9-19(29-3)10-8-18)25-14-15-26-30(27,28)20-6-5-12-22-16-20;/h5-10,12,16-17,26H,4,11,13-15H2,1-3H3,(H2,23,24,25);1H. The molecule has 31 heavy (non-hydrogen) atoms. The molecule has 1 aromatic carbocycles. The number of aliphatic imine (C=N–C) groups is 1. The summed E-state index contributed by atoms with van der Waals surface area (Å²) in [6.07, 6.45) is 3.76. The van der Waals surface area contributed by atoms with Gasteiger partial charge in [-0.15, -0.1) is 24.0 Å². The third kappa shape index (κ3) is 9.40. The van der Waals surface area contributed by atoms with E-state index in [0.29, 0.717) is 25.0 Å². The molecular formula is C21H32IN5O3S. The number of sulfonamides is 1. The van der Waals surface area contributed by atoms with Crippen LogP contribution in [0.15, 0.2) is 58.7 Å². The summed E-state index contributed by atoms with van der Waals surface area (Å²) in [5, 5.41) is 6.33. The molecule has 10 heteroatoms. The van der Waals surface area contributed by atoms with Crippen molar-refractivity contribution in [2.75, 3.05) is 33.3 Å². The third-order valence-electron chi connectivity index (χ3n) is 4.52. The zero-order valence-corrected chi connectivity index (χ0v) is 21.3. The molecule has 0 saturated carbocycles.